The molecule has 0 spiro atoms. The lowest BCUT2D eigenvalue weighted by Gasteiger charge is -2.17. The van der Waals surface area contributed by atoms with Crippen molar-refractivity contribution in [2.75, 3.05) is 6.61 Å². The molecule has 0 bridgehead atoms. The third kappa shape index (κ3) is 2.72. The summed E-state index contributed by atoms with van der Waals surface area (Å²) in [6.45, 7) is 2.13. The molecule has 2 atom stereocenters. The van der Waals surface area contributed by atoms with Crippen LogP contribution in [0.4, 0.5) is 0 Å². The van der Waals surface area contributed by atoms with Crippen LogP contribution in [-0.4, -0.2) is 18.3 Å². The lowest BCUT2D eigenvalue weighted by Crippen LogP contribution is -2.29. The number of hydrogen-bond acceptors (Lipinski definition) is 4. The van der Waals surface area contributed by atoms with E-state index in [2.05, 4.69) is 5.16 Å². The van der Waals surface area contributed by atoms with E-state index in [1.165, 1.54) is 0 Å². The molecule has 0 saturated heterocycles. The lowest BCUT2D eigenvalue weighted by atomic mass is 9.89. The van der Waals surface area contributed by atoms with Crippen LogP contribution in [0.15, 0.2) is 65.8 Å². The van der Waals surface area contributed by atoms with Gasteiger partial charge in [-0.1, -0.05) is 65.8 Å². The average molecular weight is 295 g/mol. The number of benzene rings is 2. The molecule has 0 N–H and O–H groups in total. The first-order valence-electron chi connectivity index (χ1n) is 7.32. The Balaban J connectivity index is 1.96. The van der Waals surface area contributed by atoms with E-state index in [-0.39, 0.29) is 5.97 Å². The van der Waals surface area contributed by atoms with E-state index < -0.39 is 12.0 Å². The minimum absolute atomic E-state index is 0.309. The number of carbonyl (C=O) groups excluding carboxylic acids is 1. The minimum atomic E-state index is -0.551. The molecule has 0 aliphatic carbocycles. The van der Waals surface area contributed by atoms with Gasteiger partial charge in [0.05, 0.1) is 6.61 Å². The number of esters is 1. The van der Waals surface area contributed by atoms with Crippen LogP contribution in [0.25, 0.3) is 0 Å². The van der Waals surface area contributed by atoms with Crippen LogP contribution < -0.4 is 0 Å². The largest absolute Gasteiger partial charge is 0.465 e. The maximum absolute atomic E-state index is 12.4. The first-order chi connectivity index (χ1) is 10.8. The van der Waals surface area contributed by atoms with Crippen molar-refractivity contribution in [2.24, 2.45) is 11.1 Å². The van der Waals surface area contributed by atoms with Gasteiger partial charge in [-0.3, -0.25) is 4.79 Å². The molecule has 0 amide bonds. The summed E-state index contributed by atoms with van der Waals surface area (Å²) >= 11 is 0. The Morgan fingerprint density at radius 2 is 1.73 bits per heavy atom. The summed E-state index contributed by atoms with van der Waals surface area (Å²) in [5.74, 6) is -0.860. The van der Waals surface area contributed by atoms with Crippen LogP contribution in [0.1, 0.15) is 24.2 Å². The molecule has 0 aromatic heterocycles. The van der Waals surface area contributed by atoms with Gasteiger partial charge in [0.15, 0.2) is 6.10 Å². The summed E-state index contributed by atoms with van der Waals surface area (Å²) in [5.41, 5.74) is 2.40. The van der Waals surface area contributed by atoms with Gasteiger partial charge in [0.1, 0.15) is 11.6 Å². The molecule has 0 unspecified atom stereocenters. The third-order valence-corrected chi connectivity index (χ3v) is 3.60. The van der Waals surface area contributed by atoms with E-state index in [0.29, 0.717) is 12.3 Å². The fourth-order valence-corrected chi connectivity index (χ4v) is 2.58. The average Bonchev–Trinajstić information content (AvgIpc) is 3.02. The van der Waals surface area contributed by atoms with E-state index in [1.54, 1.807) is 6.92 Å². The fourth-order valence-electron chi connectivity index (χ4n) is 2.58. The van der Waals surface area contributed by atoms with Crippen molar-refractivity contribution in [3.63, 3.8) is 0 Å². The Morgan fingerprint density at radius 3 is 2.36 bits per heavy atom. The number of nitrogens with zero attached hydrogens (tertiary/aromatic N) is 1. The van der Waals surface area contributed by atoms with Gasteiger partial charge in [0, 0.05) is 5.56 Å². The minimum Gasteiger partial charge on any atom is -0.465 e. The second-order valence-electron chi connectivity index (χ2n) is 5.01. The molecule has 3 rings (SSSR count). The van der Waals surface area contributed by atoms with Crippen molar-refractivity contribution in [3.05, 3.63) is 71.8 Å². The first-order valence-corrected chi connectivity index (χ1v) is 7.32. The number of rotatable bonds is 4. The summed E-state index contributed by atoms with van der Waals surface area (Å²) in [6.07, 6.45) is -0.449. The Hall–Kier alpha value is -2.62. The van der Waals surface area contributed by atoms with Gasteiger partial charge in [-0.2, -0.15) is 0 Å². The molecule has 112 valence electrons. The molecule has 0 radical (unpaired) electrons. The monoisotopic (exact) mass is 295 g/mol. The number of carbonyl (C=O) groups is 1. The Morgan fingerprint density at radius 1 is 1.09 bits per heavy atom. The van der Waals surface area contributed by atoms with E-state index in [0.717, 1.165) is 11.1 Å². The van der Waals surface area contributed by atoms with E-state index in [4.69, 9.17) is 9.57 Å². The zero-order valence-electron chi connectivity index (χ0n) is 12.3. The van der Waals surface area contributed by atoms with Gasteiger partial charge in [-0.25, -0.2) is 0 Å². The zero-order chi connectivity index (χ0) is 15.4. The molecule has 22 heavy (non-hydrogen) atoms. The molecule has 1 aliphatic heterocycles. The lowest BCUT2D eigenvalue weighted by molar-refractivity contribution is -0.148. The maximum Gasteiger partial charge on any atom is 0.319 e. The van der Waals surface area contributed by atoms with Gasteiger partial charge < -0.3 is 9.57 Å². The van der Waals surface area contributed by atoms with Crippen molar-refractivity contribution < 1.29 is 14.4 Å². The zero-order valence-corrected chi connectivity index (χ0v) is 12.3. The molecular weight excluding hydrogens is 278 g/mol. The first kappa shape index (κ1) is 14.3. The van der Waals surface area contributed by atoms with Gasteiger partial charge in [-0.05, 0) is 12.5 Å². The second kappa shape index (κ2) is 6.43. The summed E-state index contributed by atoms with van der Waals surface area (Å²) in [4.78, 5) is 18.0. The highest BCUT2D eigenvalue weighted by Crippen LogP contribution is 2.35. The van der Waals surface area contributed by atoms with Gasteiger partial charge in [0.25, 0.3) is 0 Å². The van der Waals surface area contributed by atoms with Gasteiger partial charge in [0.2, 0.25) is 0 Å². The summed E-state index contributed by atoms with van der Waals surface area (Å²) in [7, 11) is 0. The number of ether oxygens (including phenoxy) is 1. The van der Waals surface area contributed by atoms with Crippen LogP contribution in [0.2, 0.25) is 0 Å². The molecular formula is C18H17NO3. The predicted molar refractivity (Wildman–Crippen MR) is 83.4 cm³/mol. The molecule has 1 aliphatic rings. The molecule has 4 nitrogen and oxygen atoms in total. The highest BCUT2D eigenvalue weighted by Gasteiger charge is 2.42. The van der Waals surface area contributed by atoms with Crippen molar-refractivity contribution in [1.82, 2.24) is 0 Å². The normalized spacial score (nSPS) is 20.1. The Labute approximate surface area is 129 Å². The van der Waals surface area contributed by atoms with Crippen LogP contribution in [0, 0.1) is 5.92 Å². The van der Waals surface area contributed by atoms with Crippen molar-refractivity contribution in [1.29, 1.82) is 0 Å². The smallest absolute Gasteiger partial charge is 0.319 e. The number of hydrogen-bond donors (Lipinski definition) is 0. The molecule has 0 fully saturated rings. The maximum atomic E-state index is 12.4. The number of oxime groups is 1. The quantitative estimate of drug-likeness (QED) is 0.813. The second-order valence-corrected chi connectivity index (χ2v) is 5.01. The fraction of sp³-hybridized carbons (Fsp3) is 0.222. The van der Waals surface area contributed by atoms with E-state index >= 15 is 0 Å². The van der Waals surface area contributed by atoms with E-state index in [1.807, 2.05) is 60.7 Å². The Bertz CT molecular complexity index is 667. The van der Waals surface area contributed by atoms with Crippen LogP contribution in [0.3, 0.4) is 0 Å². The van der Waals surface area contributed by atoms with Crippen LogP contribution >= 0.6 is 0 Å². The summed E-state index contributed by atoms with van der Waals surface area (Å²) < 4.78 is 5.23. The van der Waals surface area contributed by atoms with Gasteiger partial charge >= 0.3 is 5.97 Å². The summed E-state index contributed by atoms with van der Waals surface area (Å²) in [6, 6.07) is 19.2. The third-order valence-electron chi connectivity index (χ3n) is 3.60. The molecule has 2 aromatic rings. The topological polar surface area (TPSA) is 47.9 Å². The highest BCUT2D eigenvalue weighted by atomic mass is 16.6. The van der Waals surface area contributed by atoms with Crippen LogP contribution in [0.5, 0.6) is 0 Å². The molecule has 4 heteroatoms. The SMILES string of the molecule is CCOC(=O)[C@@H]1C(c2ccccc2)=NO[C@H]1c1ccccc1. The van der Waals surface area contributed by atoms with Crippen molar-refractivity contribution >= 4 is 11.7 Å². The van der Waals surface area contributed by atoms with Crippen molar-refractivity contribution in [2.45, 2.75) is 13.0 Å². The molecule has 1 heterocycles. The van der Waals surface area contributed by atoms with Gasteiger partial charge in [-0.15, -0.1) is 0 Å². The predicted octanol–water partition coefficient (Wildman–Crippen LogP) is 3.34. The summed E-state index contributed by atoms with van der Waals surface area (Å²) in [5, 5.41) is 4.16. The molecule has 2 aromatic carbocycles. The van der Waals surface area contributed by atoms with E-state index in [9.17, 15) is 4.79 Å². The molecule has 0 saturated carbocycles. The van der Waals surface area contributed by atoms with Crippen molar-refractivity contribution in [3.8, 4) is 0 Å². The van der Waals surface area contributed by atoms with Crippen LogP contribution in [-0.2, 0) is 14.4 Å². The Kier molecular flexibility index (Phi) is 4.19. The standard InChI is InChI=1S/C18H17NO3/c1-2-21-18(20)15-16(13-9-5-3-6-10-13)19-22-17(15)14-11-7-4-8-12-14/h3-12,15,17H,2H2,1H3/t15-,17+/m1/s1. The highest BCUT2D eigenvalue weighted by molar-refractivity contribution is 6.12.